The lowest BCUT2D eigenvalue weighted by Gasteiger charge is -2.04. The Labute approximate surface area is 82.9 Å². The van der Waals surface area contributed by atoms with Crippen LogP contribution in [0.1, 0.15) is 30.6 Å². The van der Waals surface area contributed by atoms with E-state index in [1.807, 2.05) is 13.8 Å². The van der Waals surface area contributed by atoms with Crippen LogP contribution in [-0.4, -0.2) is 5.78 Å². The highest BCUT2D eigenvalue weighted by Crippen LogP contribution is 2.15. The number of ketones is 1. The van der Waals surface area contributed by atoms with E-state index in [1.54, 1.807) is 6.07 Å². The lowest BCUT2D eigenvalue weighted by molar-refractivity contribution is 0.0967. The van der Waals surface area contributed by atoms with Crippen LogP contribution in [0.2, 0.25) is 0 Å². The third-order valence-electron chi connectivity index (χ3n) is 1.92. The topological polar surface area (TPSA) is 43.1 Å². The molecule has 3 heteroatoms. The van der Waals surface area contributed by atoms with Crippen molar-refractivity contribution in [2.24, 2.45) is 5.92 Å². The Hall–Kier alpha value is -1.38. The number of nitrogens with two attached hydrogens (primary N) is 1. The number of hydrogen-bond donors (Lipinski definition) is 1. The molecular formula is C11H14FNO. The molecule has 0 aliphatic rings. The van der Waals surface area contributed by atoms with Crippen LogP contribution in [0.4, 0.5) is 10.1 Å². The van der Waals surface area contributed by atoms with Crippen molar-refractivity contribution in [2.75, 3.05) is 5.73 Å². The quantitative estimate of drug-likeness (QED) is 0.595. The average Bonchev–Trinajstić information content (AvgIpc) is 2.08. The minimum atomic E-state index is -0.528. The predicted molar refractivity (Wildman–Crippen MR) is 54.6 cm³/mol. The van der Waals surface area contributed by atoms with Gasteiger partial charge in [0.15, 0.2) is 5.78 Å². The molecule has 2 nitrogen and oxygen atoms in total. The zero-order valence-corrected chi connectivity index (χ0v) is 8.38. The third-order valence-corrected chi connectivity index (χ3v) is 1.92. The van der Waals surface area contributed by atoms with Crippen molar-refractivity contribution < 1.29 is 9.18 Å². The fourth-order valence-electron chi connectivity index (χ4n) is 1.19. The summed E-state index contributed by atoms with van der Waals surface area (Å²) in [7, 11) is 0. The van der Waals surface area contributed by atoms with Crippen LogP contribution in [0.3, 0.4) is 0 Å². The lowest BCUT2D eigenvalue weighted by Crippen LogP contribution is -2.04. The number of anilines is 1. The van der Waals surface area contributed by atoms with Crippen molar-refractivity contribution in [2.45, 2.75) is 20.3 Å². The van der Waals surface area contributed by atoms with Crippen LogP contribution in [0, 0.1) is 11.7 Å². The first-order chi connectivity index (χ1) is 6.50. The molecule has 0 atom stereocenters. The van der Waals surface area contributed by atoms with Gasteiger partial charge >= 0.3 is 0 Å². The first-order valence-corrected chi connectivity index (χ1v) is 4.59. The van der Waals surface area contributed by atoms with Crippen LogP contribution in [0.5, 0.6) is 0 Å². The van der Waals surface area contributed by atoms with Gasteiger partial charge in [0.2, 0.25) is 0 Å². The van der Waals surface area contributed by atoms with Crippen molar-refractivity contribution in [3.63, 3.8) is 0 Å². The van der Waals surface area contributed by atoms with E-state index in [9.17, 15) is 9.18 Å². The molecule has 0 unspecified atom stereocenters. The second kappa shape index (κ2) is 4.22. The fourth-order valence-corrected chi connectivity index (χ4v) is 1.19. The van der Waals surface area contributed by atoms with Gasteiger partial charge in [-0.2, -0.15) is 0 Å². The van der Waals surface area contributed by atoms with Gasteiger partial charge in [-0.3, -0.25) is 4.79 Å². The van der Waals surface area contributed by atoms with Gasteiger partial charge in [-0.25, -0.2) is 4.39 Å². The molecule has 0 aliphatic carbocycles. The number of benzene rings is 1. The molecule has 0 saturated carbocycles. The van der Waals surface area contributed by atoms with E-state index in [0.717, 1.165) is 0 Å². The molecule has 1 aromatic rings. The van der Waals surface area contributed by atoms with Crippen molar-refractivity contribution in [3.8, 4) is 0 Å². The molecule has 14 heavy (non-hydrogen) atoms. The molecule has 2 N–H and O–H groups in total. The van der Waals surface area contributed by atoms with E-state index in [2.05, 4.69) is 0 Å². The Morgan fingerprint density at radius 3 is 2.64 bits per heavy atom. The summed E-state index contributed by atoms with van der Waals surface area (Å²) in [5.41, 5.74) is 5.77. The molecule has 0 heterocycles. The van der Waals surface area contributed by atoms with Crippen molar-refractivity contribution in [3.05, 3.63) is 29.6 Å². The highest BCUT2D eigenvalue weighted by atomic mass is 19.1. The van der Waals surface area contributed by atoms with E-state index < -0.39 is 5.82 Å². The second-order valence-corrected chi connectivity index (χ2v) is 3.76. The van der Waals surface area contributed by atoms with Gasteiger partial charge in [-0.05, 0) is 24.1 Å². The van der Waals surface area contributed by atoms with Gasteiger partial charge in [0.1, 0.15) is 5.82 Å². The van der Waals surface area contributed by atoms with Gasteiger partial charge < -0.3 is 5.73 Å². The standard InChI is InChI=1S/C11H14FNO/c1-7(2)5-11(14)8-3-4-10(13)9(12)6-8/h3-4,6-7H,5,13H2,1-2H3. The monoisotopic (exact) mass is 195 g/mol. The first kappa shape index (κ1) is 10.7. The SMILES string of the molecule is CC(C)CC(=O)c1ccc(N)c(F)c1. The van der Waals surface area contributed by atoms with Crippen molar-refractivity contribution in [1.29, 1.82) is 0 Å². The number of halogens is 1. The normalized spacial score (nSPS) is 10.6. The maximum atomic E-state index is 13.0. The summed E-state index contributed by atoms with van der Waals surface area (Å²) >= 11 is 0. The lowest BCUT2D eigenvalue weighted by atomic mass is 10.0. The zero-order chi connectivity index (χ0) is 10.7. The summed E-state index contributed by atoms with van der Waals surface area (Å²) in [6.07, 6.45) is 0.434. The van der Waals surface area contributed by atoms with E-state index >= 15 is 0 Å². The van der Waals surface area contributed by atoms with Crippen LogP contribution < -0.4 is 5.73 Å². The van der Waals surface area contributed by atoms with Crippen LogP contribution >= 0.6 is 0 Å². The minimum Gasteiger partial charge on any atom is -0.396 e. The molecule has 0 fully saturated rings. The molecule has 0 aromatic heterocycles. The van der Waals surface area contributed by atoms with Gasteiger partial charge in [-0.1, -0.05) is 13.8 Å². The number of hydrogen-bond acceptors (Lipinski definition) is 2. The summed E-state index contributed by atoms with van der Waals surface area (Å²) in [5, 5.41) is 0. The average molecular weight is 195 g/mol. The van der Waals surface area contributed by atoms with Crippen molar-refractivity contribution in [1.82, 2.24) is 0 Å². The number of rotatable bonds is 3. The molecule has 1 rings (SSSR count). The first-order valence-electron chi connectivity index (χ1n) is 4.59. The van der Waals surface area contributed by atoms with E-state index in [0.29, 0.717) is 12.0 Å². The summed E-state index contributed by atoms with van der Waals surface area (Å²) in [4.78, 5) is 11.5. The maximum absolute atomic E-state index is 13.0. The van der Waals surface area contributed by atoms with E-state index in [-0.39, 0.29) is 17.4 Å². The predicted octanol–water partition coefficient (Wildman–Crippen LogP) is 2.64. The molecule has 0 aliphatic heterocycles. The summed E-state index contributed by atoms with van der Waals surface area (Å²) < 4.78 is 13.0. The summed E-state index contributed by atoms with van der Waals surface area (Å²) in [6.45, 7) is 3.90. The number of carbonyl (C=O) groups excluding carboxylic acids is 1. The molecule has 0 radical (unpaired) electrons. The Morgan fingerprint density at radius 1 is 1.50 bits per heavy atom. The Balaban J connectivity index is 2.86. The number of carbonyl (C=O) groups is 1. The summed E-state index contributed by atoms with van der Waals surface area (Å²) in [6, 6.07) is 4.17. The van der Waals surface area contributed by atoms with Gasteiger partial charge in [0.05, 0.1) is 5.69 Å². The molecule has 1 aromatic carbocycles. The van der Waals surface area contributed by atoms with Gasteiger partial charge in [0, 0.05) is 12.0 Å². The van der Waals surface area contributed by atoms with Crippen LogP contribution in [-0.2, 0) is 0 Å². The molecule has 0 saturated heterocycles. The fraction of sp³-hybridized carbons (Fsp3) is 0.364. The highest BCUT2D eigenvalue weighted by molar-refractivity contribution is 5.96. The Bertz CT molecular complexity index is 347. The maximum Gasteiger partial charge on any atom is 0.163 e. The number of Topliss-reactive ketones (excluding diaryl/α,β-unsaturated/α-hetero) is 1. The molecule has 0 amide bonds. The van der Waals surface area contributed by atoms with Crippen LogP contribution in [0.15, 0.2) is 18.2 Å². The highest BCUT2D eigenvalue weighted by Gasteiger charge is 2.09. The van der Waals surface area contributed by atoms with E-state index in [4.69, 9.17) is 5.73 Å². The Kier molecular flexibility index (Phi) is 3.23. The molecule has 0 spiro atoms. The zero-order valence-electron chi connectivity index (χ0n) is 8.38. The molecule has 0 bridgehead atoms. The smallest absolute Gasteiger partial charge is 0.163 e. The third kappa shape index (κ3) is 2.55. The van der Waals surface area contributed by atoms with Gasteiger partial charge in [-0.15, -0.1) is 0 Å². The van der Waals surface area contributed by atoms with Crippen molar-refractivity contribution >= 4 is 11.5 Å². The van der Waals surface area contributed by atoms with E-state index in [1.165, 1.54) is 12.1 Å². The number of nitrogen functional groups attached to an aromatic ring is 1. The second-order valence-electron chi connectivity index (χ2n) is 3.76. The van der Waals surface area contributed by atoms with Gasteiger partial charge in [0.25, 0.3) is 0 Å². The molecule has 76 valence electrons. The largest absolute Gasteiger partial charge is 0.396 e. The minimum absolute atomic E-state index is 0.0427. The molecular weight excluding hydrogens is 181 g/mol. The van der Waals surface area contributed by atoms with Crippen LogP contribution in [0.25, 0.3) is 0 Å². The Morgan fingerprint density at radius 2 is 2.14 bits per heavy atom. The summed E-state index contributed by atoms with van der Waals surface area (Å²) in [5.74, 6) is -0.290.